The van der Waals surface area contributed by atoms with Gasteiger partial charge in [0.15, 0.2) is 16.9 Å². The van der Waals surface area contributed by atoms with E-state index in [4.69, 9.17) is 18.6 Å². The minimum atomic E-state index is -0.706. The van der Waals surface area contributed by atoms with Crippen molar-refractivity contribution in [1.29, 1.82) is 0 Å². The van der Waals surface area contributed by atoms with Crippen LogP contribution in [-0.4, -0.2) is 20.2 Å². The Bertz CT molecular complexity index is 1020. The lowest BCUT2D eigenvalue weighted by Crippen LogP contribution is -2.10. The number of fused-ring (bicyclic) bond motifs is 1. The molecule has 1 heterocycles. The van der Waals surface area contributed by atoms with Crippen molar-refractivity contribution in [3.05, 3.63) is 69.6 Å². The summed E-state index contributed by atoms with van der Waals surface area (Å²) in [7, 11) is 3.09. The van der Waals surface area contributed by atoms with Crippen LogP contribution in [0, 0.1) is 6.92 Å². The molecule has 0 aliphatic rings. The number of carbonyl (C=O) groups is 1. The zero-order valence-corrected chi connectivity index (χ0v) is 14.7. The highest BCUT2D eigenvalue weighted by Gasteiger charge is 2.15. The summed E-state index contributed by atoms with van der Waals surface area (Å²) in [5.41, 5.74) is 1.70. The fourth-order valence-electron chi connectivity index (χ4n) is 2.60. The molecule has 134 valence electrons. The molecule has 26 heavy (non-hydrogen) atoms. The third-order valence-corrected chi connectivity index (χ3v) is 4.04. The largest absolute Gasteiger partial charge is 0.493 e. The number of hydrogen-bond acceptors (Lipinski definition) is 6. The van der Waals surface area contributed by atoms with Gasteiger partial charge in [-0.25, -0.2) is 4.79 Å². The molecule has 2 aromatic carbocycles. The van der Waals surface area contributed by atoms with Crippen LogP contribution in [0.25, 0.3) is 11.0 Å². The zero-order valence-electron chi connectivity index (χ0n) is 14.7. The summed E-state index contributed by atoms with van der Waals surface area (Å²) in [4.78, 5) is 24.4. The highest BCUT2D eigenvalue weighted by Crippen LogP contribution is 2.30. The SMILES string of the molecule is COc1cc(C)c(COC(=O)c2cc(=O)c3ccccc3o2)cc1OC. The van der Waals surface area contributed by atoms with E-state index in [1.165, 1.54) is 7.11 Å². The summed E-state index contributed by atoms with van der Waals surface area (Å²) in [5, 5.41) is 0.416. The van der Waals surface area contributed by atoms with Crippen LogP contribution in [0.3, 0.4) is 0 Å². The summed E-state index contributed by atoms with van der Waals surface area (Å²) in [6.45, 7) is 1.89. The number of aryl methyl sites for hydroxylation is 1. The topological polar surface area (TPSA) is 75.0 Å². The molecule has 0 aliphatic heterocycles. The average molecular weight is 354 g/mol. The molecule has 0 fully saturated rings. The third-order valence-electron chi connectivity index (χ3n) is 4.04. The Hall–Kier alpha value is -3.28. The van der Waals surface area contributed by atoms with Crippen LogP contribution in [-0.2, 0) is 11.3 Å². The quantitative estimate of drug-likeness (QED) is 0.653. The smallest absolute Gasteiger partial charge is 0.374 e. The summed E-state index contributed by atoms with van der Waals surface area (Å²) in [6.07, 6.45) is 0. The Balaban J connectivity index is 1.82. The molecule has 0 saturated carbocycles. The van der Waals surface area contributed by atoms with Crippen molar-refractivity contribution in [1.82, 2.24) is 0 Å². The van der Waals surface area contributed by atoms with Gasteiger partial charge in [0.25, 0.3) is 0 Å². The molecule has 0 amide bonds. The van der Waals surface area contributed by atoms with Gasteiger partial charge in [0.1, 0.15) is 12.2 Å². The number of methoxy groups -OCH3 is 2. The van der Waals surface area contributed by atoms with Crippen LogP contribution >= 0.6 is 0 Å². The summed E-state index contributed by atoms with van der Waals surface area (Å²) in [5.74, 6) is 0.302. The van der Waals surface area contributed by atoms with E-state index in [2.05, 4.69) is 0 Å². The average Bonchev–Trinajstić information content (AvgIpc) is 2.66. The molecule has 0 spiro atoms. The number of esters is 1. The minimum absolute atomic E-state index is 0.0154. The van der Waals surface area contributed by atoms with Crippen molar-refractivity contribution < 1.29 is 23.4 Å². The standard InChI is InChI=1S/C20H18O6/c1-12-8-17(23-2)18(24-3)9-13(12)11-25-20(22)19-10-15(21)14-6-4-5-7-16(14)26-19/h4-10H,11H2,1-3H3. The first-order valence-corrected chi connectivity index (χ1v) is 7.95. The van der Waals surface area contributed by atoms with Crippen molar-refractivity contribution >= 4 is 16.9 Å². The van der Waals surface area contributed by atoms with Gasteiger partial charge in [-0.15, -0.1) is 0 Å². The lowest BCUT2D eigenvalue weighted by molar-refractivity contribution is 0.0436. The number of carbonyl (C=O) groups excluding carboxylic acids is 1. The zero-order chi connectivity index (χ0) is 18.7. The third kappa shape index (κ3) is 3.39. The number of benzene rings is 2. The second-order valence-electron chi connectivity index (χ2n) is 5.68. The van der Waals surface area contributed by atoms with E-state index in [1.54, 1.807) is 43.5 Å². The molecule has 6 nitrogen and oxygen atoms in total. The van der Waals surface area contributed by atoms with Gasteiger partial charge in [-0.3, -0.25) is 4.79 Å². The normalized spacial score (nSPS) is 10.6. The molecule has 6 heteroatoms. The van der Waals surface area contributed by atoms with Gasteiger partial charge in [-0.1, -0.05) is 12.1 Å². The van der Waals surface area contributed by atoms with E-state index >= 15 is 0 Å². The summed E-state index contributed by atoms with van der Waals surface area (Å²) < 4.78 is 21.3. The van der Waals surface area contributed by atoms with Crippen molar-refractivity contribution in [2.75, 3.05) is 14.2 Å². The number of hydrogen-bond donors (Lipinski definition) is 0. The highest BCUT2D eigenvalue weighted by molar-refractivity contribution is 5.88. The second-order valence-corrected chi connectivity index (χ2v) is 5.68. The first kappa shape index (κ1) is 17.5. The van der Waals surface area contributed by atoms with Crippen molar-refractivity contribution in [3.8, 4) is 11.5 Å². The molecule has 0 unspecified atom stereocenters. The number of rotatable bonds is 5. The second kappa shape index (κ2) is 7.31. The summed E-state index contributed by atoms with van der Waals surface area (Å²) in [6, 6.07) is 11.4. The molecule has 0 atom stereocenters. The van der Waals surface area contributed by atoms with Crippen LogP contribution in [0.5, 0.6) is 11.5 Å². The van der Waals surface area contributed by atoms with Gasteiger partial charge in [0, 0.05) is 6.07 Å². The fraction of sp³-hybridized carbons (Fsp3) is 0.200. The maximum atomic E-state index is 12.3. The number of para-hydroxylation sites is 1. The maximum absolute atomic E-state index is 12.3. The Morgan fingerprint density at radius 3 is 2.46 bits per heavy atom. The van der Waals surface area contributed by atoms with Crippen LogP contribution in [0.1, 0.15) is 21.7 Å². The minimum Gasteiger partial charge on any atom is -0.493 e. The lowest BCUT2D eigenvalue weighted by Gasteiger charge is -2.13. The van der Waals surface area contributed by atoms with Crippen LogP contribution in [0.4, 0.5) is 0 Å². The highest BCUT2D eigenvalue weighted by atomic mass is 16.5. The van der Waals surface area contributed by atoms with Gasteiger partial charge in [-0.2, -0.15) is 0 Å². The van der Waals surface area contributed by atoms with Gasteiger partial charge < -0.3 is 18.6 Å². The van der Waals surface area contributed by atoms with Crippen LogP contribution in [0.15, 0.2) is 51.7 Å². The van der Waals surface area contributed by atoms with Gasteiger partial charge >= 0.3 is 5.97 Å². The van der Waals surface area contributed by atoms with E-state index in [0.717, 1.165) is 17.2 Å². The number of ether oxygens (including phenoxy) is 3. The molecule has 0 saturated heterocycles. The lowest BCUT2D eigenvalue weighted by atomic mass is 10.1. The molecule has 3 rings (SSSR count). The molecule has 0 bridgehead atoms. The molecule has 1 aromatic heterocycles. The van der Waals surface area contributed by atoms with E-state index in [9.17, 15) is 9.59 Å². The van der Waals surface area contributed by atoms with E-state index in [-0.39, 0.29) is 17.8 Å². The first-order chi connectivity index (χ1) is 12.5. The van der Waals surface area contributed by atoms with Crippen LogP contribution < -0.4 is 14.9 Å². The monoisotopic (exact) mass is 354 g/mol. The van der Waals surface area contributed by atoms with E-state index in [1.807, 2.05) is 6.92 Å². The Morgan fingerprint density at radius 1 is 1.04 bits per heavy atom. The predicted molar refractivity (Wildman–Crippen MR) is 95.9 cm³/mol. The Kier molecular flexibility index (Phi) is 4.93. The Labute approximate surface area is 149 Å². The summed E-state index contributed by atoms with van der Waals surface area (Å²) >= 11 is 0. The fourth-order valence-corrected chi connectivity index (χ4v) is 2.60. The van der Waals surface area contributed by atoms with Crippen molar-refractivity contribution in [2.45, 2.75) is 13.5 Å². The molecular weight excluding hydrogens is 336 g/mol. The van der Waals surface area contributed by atoms with Crippen LogP contribution in [0.2, 0.25) is 0 Å². The van der Waals surface area contributed by atoms with E-state index < -0.39 is 5.97 Å². The van der Waals surface area contributed by atoms with Gasteiger partial charge in [0.2, 0.25) is 5.76 Å². The first-order valence-electron chi connectivity index (χ1n) is 7.95. The van der Waals surface area contributed by atoms with E-state index in [0.29, 0.717) is 22.5 Å². The van der Waals surface area contributed by atoms with Gasteiger partial charge in [-0.05, 0) is 42.3 Å². The molecule has 0 N–H and O–H groups in total. The maximum Gasteiger partial charge on any atom is 0.374 e. The van der Waals surface area contributed by atoms with Crippen molar-refractivity contribution in [3.63, 3.8) is 0 Å². The van der Waals surface area contributed by atoms with Crippen molar-refractivity contribution in [2.24, 2.45) is 0 Å². The molecule has 3 aromatic rings. The molecule has 0 radical (unpaired) electrons. The molecule has 0 aliphatic carbocycles. The predicted octanol–water partition coefficient (Wildman–Crippen LogP) is 3.48. The van der Waals surface area contributed by atoms with Gasteiger partial charge in [0.05, 0.1) is 19.6 Å². The molecular formula is C20H18O6. The Morgan fingerprint density at radius 2 is 1.73 bits per heavy atom.